The number of aryl methyl sites for hydroxylation is 3. The number of carbonyl (C=O) groups excluding carboxylic acids is 2. The summed E-state index contributed by atoms with van der Waals surface area (Å²) in [6.07, 6.45) is 0.992. The van der Waals surface area contributed by atoms with E-state index in [1.807, 2.05) is 0 Å². The van der Waals surface area contributed by atoms with Gasteiger partial charge in [-0.3, -0.25) is 10.1 Å². The van der Waals surface area contributed by atoms with Gasteiger partial charge in [-0.2, -0.15) is 0 Å². The Labute approximate surface area is 192 Å². The highest BCUT2D eigenvalue weighted by atomic mass is 35.5. The highest BCUT2D eigenvalue weighted by molar-refractivity contribution is 6.38. The Morgan fingerprint density at radius 1 is 1.12 bits per heavy atom. The van der Waals surface area contributed by atoms with Gasteiger partial charge < -0.3 is 15.2 Å². The molecule has 0 unspecified atom stereocenters. The Balaban J connectivity index is 1.73. The van der Waals surface area contributed by atoms with E-state index in [-0.39, 0.29) is 22.9 Å². The SMILES string of the molecule is CCOC(=O)Nc1cccc2c(O)c(C(=O)NCCCc3ccc(C)cc3C)cc(Cl)c12. The predicted molar refractivity (Wildman–Crippen MR) is 128 cm³/mol. The Kier molecular flexibility index (Phi) is 7.59. The summed E-state index contributed by atoms with van der Waals surface area (Å²) in [4.78, 5) is 24.5. The number of phenols is 1. The van der Waals surface area contributed by atoms with Crippen molar-refractivity contribution in [1.82, 2.24) is 5.32 Å². The number of ether oxygens (including phenoxy) is 1. The minimum Gasteiger partial charge on any atom is -0.506 e. The zero-order valence-corrected chi connectivity index (χ0v) is 19.2. The molecule has 3 rings (SSSR count). The van der Waals surface area contributed by atoms with Gasteiger partial charge in [0.2, 0.25) is 0 Å². The van der Waals surface area contributed by atoms with Crippen LogP contribution in [0.25, 0.3) is 10.8 Å². The van der Waals surface area contributed by atoms with E-state index in [0.29, 0.717) is 23.0 Å². The maximum atomic E-state index is 12.7. The zero-order valence-electron chi connectivity index (χ0n) is 18.4. The number of aromatic hydroxyl groups is 1. The second kappa shape index (κ2) is 10.4. The molecule has 0 aromatic heterocycles. The Morgan fingerprint density at radius 2 is 1.91 bits per heavy atom. The van der Waals surface area contributed by atoms with Gasteiger partial charge >= 0.3 is 6.09 Å². The molecule has 0 aliphatic carbocycles. The van der Waals surface area contributed by atoms with Crippen molar-refractivity contribution >= 4 is 40.1 Å². The lowest BCUT2D eigenvalue weighted by Gasteiger charge is -2.14. The van der Waals surface area contributed by atoms with E-state index < -0.39 is 12.0 Å². The van der Waals surface area contributed by atoms with E-state index in [1.165, 1.54) is 22.8 Å². The molecule has 0 saturated heterocycles. The van der Waals surface area contributed by atoms with E-state index in [1.54, 1.807) is 25.1 Å². The quantitative estimate of drug-likeness (QED) is 0.397. The number of hydrogen-bond acceptors (Lipinski definition) is 4. The summed E-state index contributed by atoms with van der Waals surface area (Å²) < 4.78 is 4.91. The van der Waals surface area contributed by atoms with Gasteiger partial charge in [-0.25, -0.2) is 4.79 Å². The van der Waals surface area contributed by atoms with Crippen molar-refractivity contribution in [1.29, 1.82) is 0 Å². The van der Waals surface area contributed by atoms with Crippen molar-refractivity contribution in [3.8, 4) is 5.75 Å². The lowest BCUT2D eigenvalue weighted by atomic mass is 10.0. The molecule has 3 aromatic rings. The first-order valence-corrected chi connectivity index (χ1v) is 10.9. The van der Waals surface area contributed by atoms with Crippen LogP contribution in [0, 0.1) is 13.8 Å². The van der Waals surface area contributed by atoms with E-state index in [9.17, 15) is 14.7 Å². The molecule has 0 radical (unpaired) electrons. The van der Waals surface area contributed by atoms with E-state index in [2.05, 4.69) is 42.7 Å². The van der Waals surface area contributed by atoms with E-state index in [4.69, 9.17) is 16.3 Å². The minimum atomic E-state index is -0.624. The Bertz CT molecular complexity index is 1160. The van der Waals surface area contributed by atoms with Crippen LogP contribution in [-0.4, -0.2) is 30.3 Å². The molecule has 0 saturated carbocycles. The standard InChI is InChI=1S/C25H27ClN2O4/c1-4-32-25(31)28-21-9-5-8-18-22(21)20(26)14-19(23(18)29)24(30)27-12-6-7-17-11-10-15(2)13-16(17)3/h5,8-11,13-14,29H,4,6-7,12H2,1-3H3,(H,27,30)(H,28,31). The minimum absolute atomic E-state index is 0.0855. The van der Waals surface area contributed by atoms with Crippen LogP contribution < -0.4 is 10.6 Å². The molecule has 0 aliphatic rings. The number of rotatable bonds is 7. The van der Waals surface area contributed by atoms with Crippen LogP contribution in [0.1, 0.15) is 40.4 Å². The first-order chi connectivity index (χ1) is 15.3. The average molecular weight is 455 g/mol. The number of carbonyl (C=O) groups is 2. The summed E-state index contributed by atoms with van der Waals surface area (Å²) in [5, 5.41) is 17.2. The smallest absolute Gasteiger partial charge is 0.411 e. The van der Waals surface area contributed by atoms with Crippen molar-refractivity contribution in [3.05, 3.63) is 69.7 Å². The third-order valence-corrected chi connectivity index (χ3v) is 5.55. The molecular formula is C25H27ClN2O4. The molecule has 0 fully saturated rings. The monoisotopic (exact) mass is 454 g/mol. The highest BCUT2D eigenvalue weighted by Crippen LogP contribution is 2.38. The molecule has 0 aliphatic heterocycles. The number of amides is 2. The summed E-state index contributed by atoms with van der Waals surface area (Å²) in [6.45, 7) is 6.54. The summed E-state index contributed by atoms with van der Waals surface area (Å²) in [5.74, 6) is -0.598. The number of anilines is 1. The van der Waals surface area contributed by atoms with Crippen molar-refractivity contribution < 1.29 is 19.4 Å². The van der Waals surface area contributed by atoms with Crippen LogP contribution in [-0.2, 0) is 11.2 Å². The van der Waals surface area contributed by atoms with Crippen molar-refractivity contribution in [2.24, 2.45) is 0 Å². The third-order valence-electron chi connectivity index (χ3n) is 5.25. The highest BCUT2D eigenvalue weighted by Gasteiger charge is 2.19. The van der Waals surface area contributed by atoms with Gasteiger partial charge in [0, 0.05) is 17.3 Å². The van der Waals surface area contributed by atoms with Crippen LogP contribution in [0.2, 0.25) is 5.02 Å². The topological polar surface area (TPSA) is 87.7 Å². The van der Waals surface area contributed by atoms with Gasteiger partial charge in [-0.1, -0.05) is 47.5 Å². The molecular weight excluding hydrogens is 428 g/mol. The largest absolute Gasteiger partial charge is 0.506 e. The van der Waals surface area contributed by atoms with Crippen LogP contribution in [0.4, 0.5) is 10.5 Å². The van der Waals surface area contributed by atoms with Gasteiger partial charge in [0.25, 0.3) is 5.91 Å². The van der Waals surface area contributed by atoms with E-state index in [0.717, 1.165) is 12.8 Å². The van der Waals surface area contributed by atoms with Gasteiger partial charge in [0.05, 0.1) is 22.9 Å². The molecule has 3 N–H and O–H groups in total. The lowest BCUT2D eigenvalue weighted by Crippen LogP contribution is -2.25. The molecule has 2 amide bonds. The first-order valence-electron chi connectivity index (χ1n) is 10.5. The molecule has 3 aromatic carbocycles. The molecule has 7 heteroatoms. The number of phenolic OH excluding ortho intramolecular Hbond substituents is 1. The third kappa shape index (κ3) is 5.32. The fourth-order valence-electron chi connectivity index (χ4n) is 3.68. The maximum absolute atomic E-state index is 12.7. The molecule has 32 heavy (non-hydrogen) atoms. The molecule has 168 valence electrons. The maximum Gasteiger partial charge on any atom is 0.411 e. The fourth-order valence-corrected chi connectivity index (χ4v) is 3.99. The molecule has 0 bridgehead atoms. The zero-order chi connectivity index (χ0) is 23.3. The van der Waals surface area contributed by atoms with Crippen molar-refractivity contribution in [3.63, 3.8) is 0 Å². The van der Waals surface area contributed by atoms with Gasteiger partial charge in [0.15, 0.2) is 0 Å². The van der Waals surface area contributed by atoms with Crippen molar-refractivity contribution in [2.45, 2.75) is 33.6 Å². The molecule has 0 spiro atoms. The number of nitrogens with one attached hydrogen (secondary N) is 2. The van der Waals surface area contributed by atoms with Crippen LogP contribution in [0.5, 0.6) is 5.75 Å². The molecule has 0 atom stereocenters. The normalized spacial score (nSPS) is 10.8. The summed E-state index contributed by atoms with van der Waals surface area (Å²) in [6, 6.07) is 12.7. The van der Waals surface area contributed by atoms with Gasteiger partial charge in [-0.05, 0) is 56.9 Å². The lowest BCUT2D eigenvalue weighted by molar-refractivity contribution is 0.0950. The summed E-state index contributed by atoms with van der Waals surface area (Å²) in [7, 11) is 0. The number of hydrogen-bond donors (Lipinski definition) is 3. The summed E-state index contributed by atoms with van der Waals surface area (Å²) in [5.41, 5.74) is 4.19. The molecule has 6 nitrogen and oxygen atoms in total. The van der Waals surface area contributed by atoms with Gasteiger partial charge in [0.1, 0.15) is 5.75 Å². The van der Waals surface area contributed by atoms with Gasteiger partial charge in [-0.15, -0.1) is 0 Å². The number of halogens is 1. The average Bonchev–Trinajstić information content (AvgIpc) is 2.75. The van der Waals surface area contributed by atoms with Crippen LogP contribution in [0.3, 0.4) is 0 Å². The molecule has 0 heterocycles. The first kappa shape index (κ1) is 23.4. The second-order valence-corrected chi connectivity index (χ2v) is 8.02. The number of benzene rings is 3. The van der Waals surface area contributed by atoms with Crippen LogP contribution >= 0.6 is 11.6 Å². The number of fused-ring (bicyclic) bond motifs is 1. The van der Waals surface area contributed by atoms with Crippen LogP contribution in [0.15, 0.2) is 42.5 Å². The Hall–Kier alpha value is -3.25. The van der Waals surface area contributed by atoms with E-state index >= 15 is 0 Å². The summed E-state index contributed by atoms with van der Waals surface area (Å²) >= 11 is 6.43. The Morgan fingerprint density at radius 3 is 2.62 bits per heavy atom. The predicted octanol–water partition coefficient (Wildman–Crippen LogP) is 5.75. The van der Waals surface area contributed by atoms with Crippen molar-refractivity contribution in [2.75, 3.05) is 18.5 Å². The second-order valence-electron chi connectivity index (χ2n) is 7.62. The fraction of sp³-hybridized carbons (Fsp3) is 0.280.